The highest BCUT2D eigenvalue weighted by Gasteiger charge is 2.56. The fraction of sp³-hybridized carbons (Fsp3) is 0.615. The molecule has 2 amide bonds. The van der Waals surface area contributed by atoms with Crippen LogP contribution in [-0.4, -0.2) is 44.1 Å². The van der Waals surface area contributed by atoms with E-state index in [4.69, 9.17) is 0 Å². The van der Waals surface area contributed by atoms with Gasteiger partial charge in [-0.3, -0.25) is 9.59 Å². The third-order valence-electron chi connectivity index (χ3n) is 8.74. The molecule has 33 heavy (non-hydrogen) atoms. The van der Waals surface area contributed by atoms with Crippen molar-refractivity contribution < 1.29 is 9.59 Å². The van der Waals surface area contributed by atoms with Crippen molar-refractivity contribution in [2.45, 2.75) is 70.4 Å². The lowest BCUT2D eigenvalue weighted by Gasteiger charge is -2.56. The van der Waals surface area contributed by atoms with Gasteiger partial charge in [-0.2, -0.15) is 5.10 Å². The SMILES string of the molecule is CC(NC(=O)C1CCCN1C(=O)C12CC3CC(CC(C3)C1)C2)c1ccc(-n2cncn2)cc1. The number of nitrogens with zero attached hydrogens (tertiary/aromatic N) is 4. The predicted molar refractivity (Wildman–Crippen MR) is 123 cm³/mol. The highest BCUT2D eigenvalue weighted by Crippen LogP contribution is 2.60. The van der Waals surface area contributed by atoms with Gasteiger partial charge in [-0.05, 0) is 93.7 Å². The molecule has 7 nitrogen and oxygen atoms in total. The molecule has 1 N–H and O–H groups in total. The van der Waals surface area contributed by atoms with Crippen molar-refractivity contribution in [1.82, 2.24) is 25.0 Å². The van der Waals surface area contributed by atoms with Crippen molar-refractivity contribution in [3.05, 3.63) is 42.5 Å². The van der Waals surface area contributed by atoms with Gasteiger partial charge in [0.25, 0.3) is 0 Å². The van der Waals surface area contributed by atoms with Crippen LogP contribution in [0.4, 0.5) is 0 Å². The number of hydrogen-bond donors (Lipinski definition) is 1. The summed E-state index contributed by atoms with van der Waals surface area (Å²) in [4.78, 5) is 33.1. The van der Waals surface area contributed by atoms with Gasteiger partial charge in [0.1, 0.15) is 18.7 Å². The third-order valence-corrected chi connectivity index (χ3v) is 8.74. The van der Waals surface area contributed by atoms with E-state index in [2.05, 4.69) is 15.4 Å². The standard InChI is InChI=1S/C26H33N5O2/c1-17(21-4-6-22(7-5-21)31-16-27-15-28-31)29-24(32)23-3-2-8-30(23)25(33)26-12-18-9-19(13-26)11-20(10-18)14-26/h4-7,15-20,23H,2-3,8-14H2,1H3,(H,29,32). The average Bonchev–Trinajstić information content (AvgIpc) is 3.50. The molecular formula is C26H33N5O2. The number of hydrogen-bond acceptors (Lipinski definition) is 4. The summed E-state index contributed by atoms with van der Waals surface area (Å²) in [6.07, 6.45) is 12.0. The van der Waals surface area contributed by atoms with Gasteiger partial charge in [0.05, 0.1) is 17.1 Å². The molecule has 2 unspecified atom stereocenters. The van der Waals surface area contributed by atoms with E-state index < -0.39 is 0 Å². The third kappa shape index (κ3) is 3.65. The Morgan fingerprint density at radius 1 is 1.06 bits per heavy atom. The predicted octanol–water partition coefficient (Wildman–Crippen LogP) is 3.65. The maximum atomic E-state index is 13.9. The summed E-state index contributed by atoms with van der Waals surface area (Å²) in [6, 6.07) is 7.52. The lowest BCUT2D eigenvalue weighted by molar-refractivity contribution is -0.160. The number of benzene rings is 1. The Kier molecular flexibility index (Phi) is 5.03. The Morgan fingerprint density at radius 2 is 1.73 bits per heavy atom. The van der Waals surface area contributed by atoms with Crippen LogP contribution in [0, 0.1) is 23.2 Å². The molecule has 174 valence electrons. The molecule has 2 aromatic rings. The topological polar surface area (TPSA) is 80.1 Å². The van der Waals surface area contributed by atoms with Crippen molar-refractivity contribution in [3.8, 4) is 5.69 Å². The molecule has 4 bridgehead atoms. The fourth-order valence-electron chi connectivity index (χ4n) is 7.61. The van der Waals surface area contributed by atoms with Crippen LogP contribution in [0.25, 0.3) is 5.69 Å². The lowest BCUT2D eigenvalue weighted by atomic mass is 9.49. The summed E-state index contributed by atoms with van der Waals surface area (Å²) in [6.45, 7) is 2.72. The molecule has 7 rings (SSSR count). The zero-order valence-electron chi connectivity index (χ0n) is 19.3. The van der Waals surface area contributed by atoms with Gasteiger partial charge in [-0.25, -0.2) is 9.67 Å². The van der Waals surface area contributed by atoms with Crippen LogP contribution in [-0.2, 0) is 9.59 Å². The molecular weight excluding hydrogens is 414 g/mol. The highest BCUT2D eigenvalue weighted by atomic mass is 16.2. The molecule has 4 aliphatic carbocycles. The van der Waals surface area contributed by atoms with Gasteiger partial charge in [-0.1, -0.05) is 12.1 Å². The Labute approximate surface area is 194 Å². The molecule has 0 radical (unpaired) electrons. The van der Waals surface area contributed by atoms with Gasteiger partial charge < -0.3 is 10.2 Å². The Hall–Kier alpha value is -2.70. The van der Waals surface area contributed by atoms with Crippen molar-refractivity contribution >= 4 is 11.8 Å². The maximum Gasteiger partial charge on any atom is 0.243 e. The second kappa shape index (κ2) is 7.96. The molecule has 0 spiro atoms. The number of aromatic nitrogens is 3. The van der Waals surface area contributed by atoms with E-state index in [9.17, 15) is 9.59 Å². The Morgan fingerprint density at radius 3 is 2.33 bits per heavy atom. The molecule has 2 atom stereocenters. The van der Waals surface area contributed by atoms with E-state index in [-0.39, 0.29) is 29.3 Å². The zero-order valence-corrected chi connectivity index (χ0v) is 19.3. The molecule has 5 fully saturated rings. The van der Waals surface area contributed by atoms with Gasteiger partial charge in [0, 0.05) is 6.54 Å². The minimum Gasteiger partial charge on any atom is -0.348 e. The lowest BCUT2D eigenvalue weighted by Crippen LogP contribution is -2.57. The second-order valence-electron chi connectivity index (χ2n) is 11.0. The molecule has 1 aromatic carbocycles. The van der Waals surface area contributed by atoms with E-state index in [1.165, 1.54) is 25.6 Å². The van der Waals surface area contributed by atoms with E-state index in [1.54, 1.807) is 11.0 Å². The first-order chi connectivity index (χ1) is 16.0. The zero-order chi connectivity index (χ0) is 22.6. The van der Waals surface area contributed by atoms with Crippen molar-refractivity contribution in [2.24, 2.45) is 23.2 Å². The number of carbonyl (C=O) groups excluding carboxylic acids is 2. The number of likely N-dealkylation sites (tertiary alicyclic amines) is 1. The van der Waals surface area contributed by atoms with Crippen molar-refractivity contribution in [2.75, 3.05) is 6.54 Å². The van der Waals surface area contributed by atoms with Crippen LogP contribution in [0.1, 0.15) is 69.9 Å². The molecule has 1 saturated heterocycles. The van der Waals surface area contributed by atoms with Crippen LogP contribution in [0.15, 0.2) is 36.9 Å². The monoisotopic (exact) mass is 447 g/mol. The Balaban J connectivity index is 1.13. The van der Waals surface area contributed by atoms with E-state index in [0.717, 1.165) is 67.7 Å². The quantitative estimate of drug-likeness (QED) is 0.759. The number of carbonyl (C=O) groups is 2. The summed E-state index contributed by atoms with van der Waals surface area (Å²) in [5, 5.41) is 7.34. The van der Waals surface area contributed by atoms with Gasteiger partial charge in [0.15, 0.2) is 0 Å². The minimum absolute atomic E-state index is 0.0153. The van der Waals surface area contributed by atoms with E-state index >= 15 is 0 Å². The minimum atomic E-state index is -0.331. The van der Waals surface area contributed by atoms with Crippen molar-refractivity contribution in [1.29, 1.82) is 0 Å². The molecule has 4 saturated carbocycles. The summed E-state index contributed by atoms with van der Waals surface area (Å²) in [7, 11) is 0. The first-order valence-corrected chi connectivity index (χ1v) is 12.6. The van der Waals surface area contributed by atoms with E-state index in [1.807, 2.05) is 36.1 Å². The first-order valence-electron chi connectivity index (χ1n) is 12.6. The van der Waals surface area contributed by atoms with Crippen LogP contribution >= 0.6 is 0 Å². The average molecular weight is 448 g/mol. The van der Waals surface area contributed by atoms with Gasteiger partial charge >= 0.3 is 0 Å². The maximum absolute atomic E-state index is 13.9. The largest absolute Gasteiger partial charge is 0.348 e. The smallest absolute Gasteiger partial charge is 0.243 e. The summed E-state index contributed by atoms with van der Waals surface area (Å²) >= 11 is 0. The highest BCUT2D eigenvalue weighted by molar-refractivity contribution is 5.91. The van der Waals surface area contributed by atoms with E-state index in [0.29, 0.717) is 0 Å². The number of nitrogens with one attached hydrogen (secondary N) is 1. The molecule has 1 aromatic heterocycles. The summed E-state index contributed by atoms with van der Waals surface area (Å²) in [5.41, 5.74) is 1.78. The second-order valence-corrected chi connectivity index (χ2v) is 11.0. The van der Waals surface area contributed by atoms with Gasteiger partial charge in [0.2, 0.25) is 11.8 Å². The van der Waals surface area contributed by atoms with Crippen LogP contribution < -0.4 is 5.32 Å². The van der Waals surface area contributed by atoms with Crippen LogP contribution in [0.3, 0.4) is 0 Å². The summed E-state index contributed by atoms with van der Waals surface area (Å²) in [5.74, 6) is 2.46. The summed E-state index contributed by atoms with van der Waals surface area (Å²) < 4.78 is 1.71. The normalized spacial score (nSPS) is 33.3. The van der Waals surface area contributed by atoms with Crippen LogP contribution in [0.5, 0.6) is 0 Å². The molecule has 5 aliphatic rings. The first kappa shape index (κ1) is 20.9. The molecule has 7 heteroatoms. The van der Waals surface area contributed by atoms with Crippen molar-refractivity contribution in [3.63, 3.8) is 0 Å². The Bertz CT molecular complexity index is 996. The number of amides is 2. The molecule has 1 aliphatic heterocycles. The molecule has 2 heterocycles. The van der Waals surface area contributed by atoms with Gasteiger partial charge in [-0.15, -0.1) is 0 Å². The fourth-order valence-corrected chi connectivity index (χ4v) is 7.61. The number of rotatable bonds is 5. The van der Waals surface area contributed by atoms with Crippen LogP contribution in [0.2, 0.25) is 0 Å².